The zero-order valence-corrected chi connectivity index (χ0v) is 60.3. The summed E-state index contributed by atoms with van der Waals surface area (Å²) in [6.45, 7) is 5.10. The maximum atomic E-state index is 8.85. The van der Waals surface area contributed by atoms with Gasteiger partial charge >= 0.3 is 29.7 Å². The minimum atomic E-state index is 0.0816. The molecule has 1 fully saturated rings. The summed E-state index contributed by atoms with van der Waals surface area (Å²) in [4.78, 5) is 0. The van der Waals surface area contributed by atoms with E-state index >= 15 is 0 Å². The van der Waals surface area contributed by atoms with E-state index in [9.17, 15) is 0 Å². The highest BCUT2D eigenvalue weighted by atomic mass is 16.3. The third-order valence-electron chi connectivity index (χ3n) is 16.2. The molecule has 528 valence electrons. The van der Waals surface area contributed by atoms with Gasteiger partial charge in [0, 0.05) is 57.8 Å². The Morgan fingerprint density at radius 3 is 1.05 bits per heavy atom. The second-order valence-corrected chi connectivity index (χ2v) is 24.3. The third kappa shape index (κ3) is 24.3. The topological polar surface area (TPSA) is 288 Å². The van der Waals surface area contributed by atoms with E-state index < -0.39 is 0 Å². The molecule has 11 rings (SSSR count). The van der Waals surface area contributed by atoms with Crippen molar-refractivity contribution in [3.05, 3.63) is 183 Å². The Kier molecular flexibility index (Phi) is 31.6. The van der Waals surface area contributed by atoms with E-state index in [2.05, 4.69) is 91.5 Å². The first-order valence-corrected chi connectivity index (χ1v) is 34.2. The Bertz CT molecular complexity index is 4020. The zero-order chi connectivity index (χ0) is 71.4. The molecule has 9 N–H and O–H groups in total. The van der Waals surface area contributed by atoms with Gasteiger partial charge in [-0.05, 0) is 79.9 Å². The van der Waals surface area contributed by atoms with Gasteiger partial charge in [0.05, 0.1) is 167 Å². The van der Waals surface area contributed by atoms with E-state index in [0.29, 0.717) is 37.1 Å². The van der Waals surface area contributed by atoms with Gasteiger partial charge in [0.25, 0.3) is 0 Å². The molecule has 0 unspecified atom stereocenters. The average Bonchev–Trinajstić information content (AvgIpc) is 1.31. The number of anilines is 5. The molecule has 1 aliphatic rings. The molecule has 0 atom stereocenters. The summed E-state index contributed by atoms with van der Waals surface area (Å²) in [5.74, 6) is 3.96. The first-order chi connectivity index (χ1) is 48.6. The number of nitrogens with one attached hydrogen (secondary N) is 4. The molecule has 5 aromatic carbocycles. The van der Waals surface area contributed by atoms with Crippen LogP contribution in [0.5, 0.6) is 0 Å². The largest absolute Gasteiger partial charge is 0.421 e. The number of hydrogen-bond donors (Lipinski definition) is 7. The van der Waals surface area contributed by atoms with Crippen LogP contribution in [0.25, 0.3) is 0 Å². The number of benzene rings is 5. The maximum Gasteiger partial charge on any atom is 0.421 e. The molecule has 27 nitrogen and oxygen atoms in total. The fraction of sp³-hybridized carbons (Fsp3) is 0.384. The van der Waals surface area contributed by atoms with Crippen LogP contribution in [-0.4, -0.2) is 66.8 Å². The van der Waals surface area contributed by atoms with Crippen LogP contribution in [0, 0.1) is 0 Å². The van der Waals surface area contributed by atoms with Gasteiger partial charge in [0.15, 0.2) is 0 Å². The summed E-state index contributed by atoms with van der Waals surface area (Å²) < 4.78 is 19.2. The molecular weight excluding hydrogens is 1260 g/mol. The molecule has 0 amide bonds. The highest BCUT2D eigenvalue weighted by Crippen LogP contribution is 2.32. The van der Waals surface area contributed by atoms with Crippen LogP contribution in [0.3, 0.4) is 0 Å². The van der Waals surface area contributed by atoms with Crippen LogP contribution >= 0.6 is 0 Å². The Balaban J connectivity index is 0.000000177. The monoisotopic (exact) mass is 1360 g/mol. The van der Waals surface area contributed by atoms with Crippen molar-refractivity contribution in [3.8, 4) is 0 Å². The average molecular weight is 1360 g/mol. The lowest BCUT2D eigenvalue weighted by Crippen LogP contribution is -2.25. The van der Waals surface area contributed by atoms with Crippen LogP contribution in [-0.2, 0) is 70.5 Å². The maximum absolute atomic E-state index is 8.85. The fourth-order valence-electron chi connectivity index (χ4n) is 10.5. The molecule has 10 aromatic rings. The first-order valence-electron chi connectivity index (χ1n) is 34.2. The number of azo groups is 5. The van der Waals surface area contributed by atoms with E-state index in [4.69, 9.17) is 16.6 Å². The number of aliphatic hydroxyl groups excluding tert-OH is 1. The van der Waals surface area contributed by atoms with E-state index in [1.165, 1.54) is 70.6 Å². The van der Waals surface area contributed by atoms with Gasteiger partial charge in [0.2, 0.25) is 0 Å². The summed E-state index contributed by atoms with van der Waals surface area (Å²) >= 11 is 0. The highest BCUT2D eigenvalue weighted by molar-refractivity contribution is 5.67. The summed E-state index contributed by atoms with van der Waals surface area (Å²) in [5.41, 5.74) is 19.8. The number of para-hydroxylation sites is 5. The predicted octanol–water partition coefficient (Wildman–Crippen LogP) is 14.2. The molecule has 100 heavy (non-hydrogen) atoms. The standard InChI is InChI=1S/C19H29N5.C17H23N5.C13H18N6.C13H17N5O.C11H13N5/c1-4-5-6-7-8-11-14-20-17-12-9-10-13-18(17)21-22-19-23(2)15-16-24(19)3;1-21-12-13-22(2)17(21)20-19-16-11-7-6-10-15(16)18-14-8-4-3-5-9-14;1-18-9-10-19(2)13(18)17-16-12-6-4-3-5-11(12)15-8-7-14;1-17-8-9-18(2)13(17)16-15-12-6-4-3-5-11(12)14-7-10-19;1-15-7-8-16(2)11(15)14-13-10-6-4-3-5-9(10)12/h9-10,12-13,15-16H,4-8,11,14H2,1-3H3;6-7,10-14H,3-5,8-9H2,1-2H3;3-6,9-10H,7-8,14H2,1-2H3;3-6,8-9,19H,7,10H2,1-2H3;3-8,12H,1-2H3/p+5. The molecule has 1 aliphatic carbocycles. The van der Waals surface area contributed by atoms with Gasteiger partial charge in [-0.3, -0.25) is 0 Å². The molecule has 1 saturated carbocycles. The number of aryl methyl sites for hydroxylation is 10. The Labute approximate surface area is 588 Å². The first kappa shape index (κ1) is 76.4. The summed E-state index contributed by atoms with van der Waals surface area (Å²) in [6.07, 6.45) is 33.8. The Morgan fingerprint density at radius 2 is 0.700 bits per heavy atom. The zero-order valence-electron chi connectivity index (χ0n) is 60.3. The van der Waals surface area contributed by atoms with Crippen molar-refractivity contribution in [2.24, 2.45) is 127 Å². The molecule has 5 aromatic heterocycles. The van der Waals surface area contributed by atoms with Crippen LogP contribution in [0.2, 0.25) is 0 Å². The van der Waals surface area contributed by atoms with Crippen molar-refractivity contribution in [1.29, 1.82) is 0 Å². The normalized spacial score (nSPS) is 12.3. The number of hydrogen-bond acceptors (Lipinski definition) is 17. The number of nitrogens with zero attached hydrogens (tertiary/aromatic N) is 20. The van der Waals surface area contributed by atoms with E-state index in [1.807, 2.05) is 281 Å². The van der Waals surface area contributed by atoms with Crippen LogP contribution in [0.1, 0.15) is 77.6 Å². The van der Waals surface area contributed by atoms with Crippen molar-refractivity contribution >= 4 is 86.6 Å². The predicted molar refractivity (Wildman–Crippen MR) is 396 cm³/mol. The molecule has 0 bridgehead atoms. The third-order valence-corrected chi connectivity index (χ3v) is 16.2. The number of rotatable bonds is 26. The minimum Gasteiger partial charge on any atom is -0.397 e. The quantitative estimate of drug-likeness (QED) is 0.0119. The number of nitrogen functional groups attached to an aromatic ring is 1. The van der Waals surface area contributed by atoms with Crippen molar-refractivity contribution in [3.63, 3.8) is 0 Å². The summed E-state index contributed by atoms with van der Waals surface area (Å²) in [5, 5.41) is 65.4. The van der Waals surface area contributed by atoms with Gasteiger partial charge in [-0.15, -0.1) is 0 Å². The molecule has 0 saturated heterocycles. The van der Waals surface area contributed by atoms with E-state index in [0.717, 1.165) is 81.8 Å². The molecular formula is C73H105N26O+5. The smallest absolute Gasteiger partial charge is 0.397 e. The number of nitrogens with two attached hydrogens (primary N) is 2. The molecule has 0 radical (unpaired) electrons. The Hall–Kier alpha value is -10.9. The molecule has 27 heteroatoms. The lowest BCUT2D eigenvalue weighted by molar-refractivity contribution is -0.657. The lowest BCUT2D eigenvalue weighted by Gasteiger charge is -2.24. The van der Waals surface area contributed by atoms with Gasteiger partial charge in [-0.1, -0.05) is 145 Å². The lowest BCUT2D eigenvalue weighted by atomic mass is 9.95. The number of aromatic nitrogens is 10. The van der Waals surface area contributed by atoms with Gasteiger partial charge in [-0.25, -0.2) is 45.7 Å². The second kappa shape index (κ2) is 41.4. The number of imidazole rings is 5. The SMILES string of the molecule is CCCCCCCCNc1ccccc1N=Nc1n(C)cc[n+]1C.Cn1cc[n+](C)c1N=Nc1ccccc1N.Cn1cc[n+](C)c1N=Nc1ccccc1NC1CCCCC1.Cn1cc[n+](C)c1N=Nc1ccccc1NCCN.Cn1cc[n+](C)c1N=Nc1ccccc1NCCO. The minimum absolute atomic E-state index is 0.0816. The molecule has 0 spiro atoms. The Morgan fingerprint density at radius 1 is 0.390 bits per heavy atom. The number of aliphatic hydroxyl groups is 1. The van der Waals surface area contributed by atoms with Gasteiger partial charge in [0.1, 0.15) is 28.4 Å². The van der Waals surface area contributed by atoms with Crippen molar-refractivity contribution in [1.82, 2.24) is 22.8 Å². The fourth-order valence-corrected chi connectivity index (χ4v) is 10.5. The highest BCUT2D eigenvalue weighted by Gasteiger charge is 2.18. The van der Waals surface area contributed by atoms with Crippen molar-refractivity contribution < 1.29 is 27.9 Å². The van der Waals surface area contributed by atoms with Crippen molar-refractivity contribution in [2.75, 3.05) is 59.8 Å². The van der Waals surface area contributed by atoms with Gasteiger partial charge < -0.3 is 37.8 Å². The molecule has 5 heterocycles. The summed E-state index contributed by atoms with van der Waals surface area (Å²) in [6, 6.07) is 39.6. The summed E-state index contributed by atoms with van der Waals surface area (Å²) in [7, 11) is 19.4. The van der Waals surface area contributed by atoms with Crippen molar-refractivity contribution in [2.45, 2.75) is 83.6 Å². The second-order valence-electron chi connectivity index (χ2n) is 24.3. The van der Waals surface area contributed by atoms with Crippen LogP contribution in [0.4, 0.5) is 86.6 Å². The van der Waals surface area contributed by atoms with Crippen LogP contribution < -0.4 is 55.6 Å². The number of unbranched alkanes of at least 4 members (excludes halogenated alkanes) is 5. The van der Waals surface area contributed by atoms with E-state index in [-0.39, 0.29) is 6.61 Å². The van der Waals surface area contributed by atoms with Crippen LogP contribution in [0.15, 0.2) is 234 Å². The van der Waals surface area contributed by atoms with E-state index in [1.54, 1.807) is 6.07 Å². The van der Waals surface area contributed by atoms with Gasteiger partial charge in [-0.2, -0.15) is 0 Å². The molecule has 0 aliphatic heterocycles.